The standard InChI is InChI=1S/C10H12N4O4/c1-4-5(15)2-6(18-4)14-8-7(13-10(14)17)9(16)12-3-11-8/h3-6,15H,2H2,1H3,(H,13,17)(H,11,12,16)/t4?,5-,6?/m1/s1. The van der Waals surface area contributed by atoms with Crippen molar-refractivity contribution in [2.24, 2.45) is 0 Å². The minimum atomic E-state index is -0.631. The van der Waals surface area contributed by atoms with E-state index < -0.39 is 23.6 Å². The number of hydrogen-bond acceptors (Lipinski definition) is 5. The van der Waals surface area contributed by atoms with Crippen molar-refractivity contribution in [1.82, 2.24) is 19.5 Å². The maximum absolute atomic E-state index is 11.8. The number of imidazole rings is 1. The van der Waals surface area contributed by atoms with E-state index in [0.29, 0.717) is 6.42 Å². The second-order valence-corrected chi connectivity index (χ2v) is 4.33. The highest BCUT2D eigenvalue weighted by Crippen LogP contribution is 2.28. The Morgan fingerprint density at radius 2 is 2.33 bits per heavy atom. The number of H-pyrrole nitrogens is 2. The van der Waals surface area contributed by atoms with Crippen LogP contribution in [0.25, 0.3) is 11.2 Å². The van der Waals surface area contributed by atoms with E-state index in [9.17, 15) is 14.7 Å². The van der Waals surface area contributed by atoms with Gasteiger partial charge in [0.25, 0.3) is 5.56 Å². The summed E-state index contributed by atoms with van der Waals surface area (Å²) in [4.78, 5) is 32.2. The number of aliphatic hydroxyl groups excluding tert-OH is 1. The average Bonchev–Trinajstić information content (AvgIpc) is 2.81. The molecule has 0 saturated carbocycles. The van der Waals surface area contributed by atoms with Gasteiger partial charge in [-0.3, -0.25) is 9.78 Å². The molecule has 1 aliphatic heterocycles. The highest BCUT2D eigenvalue weighted by atomic mass is 16.5. The lowest BCUT2D eigenvalue weighted by atomic mass is 10.2. The molecule has 8 heteroatoms. The number of nitrogens with one attached hydrogen (secondary N) is 2. The molecule has 0 amide bonds. The number of aromatic amines is 2. The minimum Gasteiger partial charge on any atom is -0.390 e. The number of fused-ring (bicyclic) bond motifs is 1. The van der Waals surface area contributed by atoms with Crippen molar-refractivity contribution >= 4 is 11.2 Å². The molecule has 0 aromatic carbocycles. The van der Waals surface area contributed by atoms with E-state index in [1.54, 1.807) is 6.92 Å². The fourth-order valence-corrected chi connectivity index (χ4v) is 2.17. The summed E-state index contributed by atoms with van der Waals surface area (Å²) in [6, 6.07) is 0. The van der Waals surface area contributed by atoms with Gasteiger partial charge in [-0.25, -0.2) is 14.3 Å². The van der Waals surface area contributed by atoms with E-state index >= 15 is 0 Å². The number of aromatic nitrogens is 4. The van der Waals surface area contributed by atoms with Gasteiger partial charge in [-0.15, -0.1) is 0 Å². The molecule has 3 N–H and O–H groups in total. The van der Waals surface area contributed by atoms with Crippen molar-refractivity contribution in [2.45, 2.75) is 31.8 Å². The van der Waals surface area contributed by atoms with Crippen LogP contribution in [-0.4, -0.2) is 36.8 Å². The molecule has 0 aliphatic carbocycles. The van der Waals surface area contributed by atoms with E-state index in [2.05, 4.69) is 15.0 Å². The number of aliphatic hydroxyl groups is 1. The summed E-state index contributed by atoms with van der Waals surface area (Å²) in [6.07, 6.45) is -0.0700. The van der Waals surface area contributed by atoms with Crippen molar-refractivity contribution in [3.8, 4) is 0 Å². The Labute approximate surface area is 100 Å². The molecule has 8 nitrogen and oxygen atoms in total. The van der Waals surface area contributed by atoms with Crippen LogP contribution >= 0.6 is 0 Å². The highest BCUT2D eigenvalue weighted by molar-refractivity contribution is 5.68. The van der Waals surface area contributed by atoms with Crippen LogP contribution in [0.4, 0.5) is 0 Å². The first-order chi connectivity index (χ1) is 8.58. The maximum Gasteiger partial charge on any atom is 0.329 e. The Hall–Kier alpha value is -1.93. The maximum atomic E-state index is 11.8. The normalized spacial score (nSPS) is 28.0. The predicted octanol–water partition coefficient (Wildman–Crippen LogP) is -0.919. The van der Waals surface area contributed by atoms with Gasteiger partial charge in [0.2, 0.25) is 0 Å². The summed E-state index contributed by atoms with van der Waals surface area (Å²) >= 11 is 0. The van der Waals surface area contributed by atoms with Crippen molar-refractivity contribution in [3.63, 3.8) is 0 Å². The third-order valence-corrected chi connectivity index (χ3v) is 3.16. The summed E-state index contributed by atoms with van der Waals surface area (Å²) < 4.78 is 6.75. The lowest BCUT2D eigenvalue weighted by Crippen LogP contribution is -2.22. The Bertz CT molecular complexity index is 690. The van der Waals surface area contributed by atoms with Crippen LogP contribution in [0, 0.1) is 0 Å². The van der Waals surface area contributed by atoms with Crippen molar-refractivity contribution in [2.75, 3.05) is 0 Å². The van der Waals surface area contributed by atoms with E-state index in [0.717, 1.165) is 0 Å². The fraction of sp³-hybridized carbons (Fsp3) is 0.500. The third-order valence-electron chi connectivity index (χ3n) is 3.16. The van der Waals surface area contributed by atoms with Gasteiger partial charge in [0.05, 0.1) is 18.5 Å². The van der Waals surface area contributed by atoms with Gasteiger partial charge in [0.1, 0.15) is 6.23 Å². The zero-order valence-electron chi connectivity index (χ0n) is 9.58. The first-order valence-corrected chi connectivity index (χ1v) is 5.59. The van der Waals surface area contributed by atoms with E-state index in [1.807, 2.05) is 0 Å². The quantitative estimate of drug-likeness (QED) is 0.607. The Balaban J connectivity index is 2.18. The number of hydrogen-bond donors (Lipinski definition) is 3. The molecule has 0 bridgehead atoms. The minimum absolute atomic E-state index is 0.111. The zero-order valence-corrected chi connectivity index (χ0v) is 9.58. The largest absolute Gasteiger partial charge is 0.390 e. The van der Waals surface area contributed by atoms with Crippen molar-refractivity contribution < 1.29 is 9.84 Å². The summed E-state index contributed by atoms with van der Waals surface area (Å²) in [5.74, 6) is 0. The first kappa shape index (κ1) is 11.2. The van der Waals surface area contributed by atoms with Crippen LogP contribution in [-0.2, 0) is 4.74 Å². The van der Waals surface area contributed by atoms with Gasteiger partial charge in [0.15, 0.2) is 11.2 Å². The molecule has 0 spiro atoms. The first-order valence-electron chi connectivity index (χ1n) is 5.59. The topological polar surface area (TPSA) is 113 Å². The lowest BCUT2D eigenvalue weighted by molar-refractivity contribution is -0.00765. The number of ether oxygens (including phenoxy) is 1. The van der Waals surface area contributed by atoms with Crippen LogP contribution in [0.1, 0.15) is 19.6 Å². The van der Waals surface area contributed by atoms with Crippen LogP contribution in [0.3, 0.4) is 0 Å². The Morgan fingerprint density at radius 3 is 3.00 bits per heavy atom. The van der Waals surface area contributed by atoms with Gasteiger partial charge in [0, 0.05) is 6.42 Å². The second kappa shape index (κ2) is 3.79. The monoisotopic (exact) mass is 252 g/mol. The molecule has 1 fully saturated rings. The molecule has 2 unspecified atom stereocenters. The van der Waals surface area contributed by atoms with E-state index in [4.69, 9.17) is 4.74 Å². The van der Waals surface area contributed by atoms with Crippen LogP contribution in [0.15, 0.2) is 15.9 Å². The van der Waals surface area contributed by atoms with Crippen LogP contribution in [0.5, 0.6) is 0 Å². The average molecular weight is 252 g/mol. The molecule has 3 atom stereocenters. The summed E-state index contributed by atoms with van der Waals surface area (Å²) in [5, 5.41) is 9.65. The number of rotatable bonds is 1. The smallest absolute Gasteiger partial charge is 0.329 e. The lowest BCUT2D eigenvalue weighted by Gasteiger charge is -2.11. The molecule has 96 valence electrons. The SMILES string of the molecule is CC1OC(n2c(=O)[nH]c3c(=O)[nH]cnc32)C[C@H]1O. The molecule has 2 aromatic rings. The van der Waals surface area contributed by atoms with Gasteiger partial charge in [-0.05, 0) is 6.92 Å². The molecule has 3 heterocycles. The Kier molecular flexibility index (Phi) is 2.35. The summed E-state index contributed by atoms with van der Waals surface area (Å²) in [5.41, 5.74) is -0.543. The highest BCUT2D eigenvalue weighted by Gasteiger charge is 2.34. The molecule has 0 radical (unpaired) electrons. The molecule has 3 rings (SSSR count). The van der Waals surface area contributed by atoms with E-state index in [1.165, 1.54) is 10.9 Å². The van der Waals surface area contributed by atoms with Gasteiger partial charge in [-0.1, -0.05) is 0 Å². The van der Waals surface area contributed by atoms with Gasteiger partial charge >= 0.3 is 5.69 Å². The predicted molar refractivity (Wildman–Crippen MR) is 61.2 cm³/mol. The van der Waals surface area contributed by atoms with Crippen molar-refractivity contribution in [3.05, 3.63) is 27.2 Å². The summed E-state index contributed by atoms with van der Waals surface area (Å²) in [7, 11) is 0. The molecule has 1 aliphatic rings. The fourth-order valence-electron chi connectivity index (χ4n) is 2.17. The Morgan fingerprint density at radius 1 is 1.56 bits per heavy atom. The summed E-state index contributed by atoms with van der Waals surface area (Å²) in [6.45, 7) is 1.73. The third kappa shape index (κ3) is 1.50. The second-order valence-electron chi connectivity index (χ2n) is 4.33. The molecule has 1 saturated heterocycles. The van der Waals surface area contributed by atoms with Gasteiger partial charge < -0.3 is 14.8 Å². The molecule has 18 heavy (non-hydrogen) atoms. The molecular weight excluding hydrogens is 240 g/mol. The van der Waals surface area contributed by atoms with E-state index in [-0.39, 0.29) is 17.3 Å². The van der Waals surface area contributed by atoms with Crippen LogP contribution < -0.4 is 11.2 Å². The molecule has 2 aromatic heterocycles. The van der Waals surface area contributed by atoms with Crippen LogP contribution in [0.2, 0.25) is 0 Å². The number of nitrogens with zero attached hydrogens (tertiary/aromatic N) is 2. The van der Waals surface area contributed by atoms with Gasteiger partial charge in [-0.2, -0.15) is 0 Å². The zero-order chi connectivity index (χ0) is 12.9. The molecular formula is C10H12N4O4. The van der Waals surface area contributed by atoms with Crippen molar-refractivity contribution in [1.29, 1.82) is 0 Å².